The van der Waals surface area contributed by atoms with Crippen molar-refractivity contribution in [1.82, 2.24) is 5.32 Å². The Bertz CT molecular complexity index is 2310. The van der Waals surface area contributed by atoms with Crippen LogP contribution in [0.1, 0.15) is 5.56 Å². The lowest BCUT2D eigenvalue weighted by molar-refractivity contribution is -0.396. The third kappa shape index (κ3) is 14.3. The minimum Gasteiger partial charge on any atom is -0.480 e. The predicted molar refractivity (Wildman–Crippen MR) is 271 cm³/mol. The Morgan fingerprint density at radius 1 is 0.318 bits per heavy atom. The lowest BCUT2D eigenvalue weighted by atomic mass is 9.95. The van der Waals surface area contributed by atoms with Gasteiger partial charge in [0.1, 0.15) is 177 Å². The van der Waals surface area contributed by atoms with Crippen LogP contribution in [0, 0.1) is 0 Å². The van der Waals surface area contributed by atoms with Crippen molar-refractivity contribution >= 4 is 5.97 Å². The standard InChI is InChI=1S/C51H79NO36/c53-8-17-38-25(61)32(68)47(77-17)85-40-19(10-55)79-49(34(70)27(40)63)87-42-21(12-57)81-51(36(72)29(42)65)88-43-22(13-58)80-50(35(71)28(43)64)86-41-20(11-56)78-48(33(69)26(41)62)84-39-18(9-54)76-46(31(67)24(39)60)82-37-16(75-45(83-38)30(66)23(37)59)7-52-15(44(73)74)6-14-4-2-1-3-5-14/h1-5,15-43,45-72H,6-13H2,(H,73,74)/t15-,16-,17-,18-,19-,20-,21-,22-,23-,24-,25-,26-,27-,28-,29-,30-,31-,32-,33-,34-,35-,36-,37-,38-,39-,40-,41-,42-,43-,45-,46-,47-,48-,49-,50-,51-/m1/s1. The van der Waals surface area contributed by atoms with E-state index >= 15 is 0 Å². The second-order valence-corrected chi connectivity index (χ2v) is 22.5. The van der Waals surface area contributed by atoms with Crippen LogP contribution in [0.5, 0.6) is 0 Å². The van der Waals surface area contributed by atoms with Gasteiger partial charge in [0.15, 0.2) is 44.0 Å². The van der Waals surface area contributed by atoms with Crippen molar-refractivity contribution in [2.45, 2.75) is 227 Å². The normalized spacial score (nSPS) is 50.2. The number of aliphatic carboxylic acids is 1. The molecule has 36 atom stereocenters. The Hall–Kier alpha value is -2.71. The molecule has 0 spiro atoms. The molecule has 21 aliphatic rings. The fourth-order valence-corrected chi connectivity index (χ4v) is 11.8. The summed E-state index contributed by atoms with van der Waals surface area (Å²) in [5.41, 5.74) is 0.550. The van der Waals surface area contributed by atoms with Crippen LogP contribution in [-0.4, -0.2) is 380 Å². The van der Waals surface area contributed by atoms with Crippen LogP contribution in [0.3, 0.4) is 0 Å². The monoisotopic (exact) mass is 1280 g/mol. The summed E-state index contributed by atoms with van der Waals surface area (Å²) >= 11 is 0. The fourth-order valence-electron chi connectivity index (χ4n) is 11.8. The van der Waals surface area contributed by atoms with E-state index < -0.39 is 273 Å². The second kappa shape index (κ2) is 30.1. The van der Waals surface area contributed by atoms with Crippen LogP contribution in [0.2, 0.25) is 0 Å². The molecule has 0 aromatic heterocycles. The Labute approximate surface area is 498 Å². The van der Waals surface area contributed by atoms with E-state index in [1.807, 2.05) is 0 Å². The van der Waals surface area contributed by atoms with Gasteiger partial charge in [-0.25, -0.2) is 0 Å². The van der Waals surface area contributed by atoms with Crippen molar-refractivity contribution in [2.75, 3.05) is 46.2 Å². The number of hydrogen-bond donors (Lipinski definition) is 22. The molecule has 14 bridgehead atoms. The van der Waals surface area contributed by atoms with Gasteiger partial charge in [0.2, 0.25) is 0 Å². The van der Waals surface area contributed by atoms with Crippen molar-refractivity contribution < 1.29 is 178 Å². The van der Waals surface area contributed by atoms with E-state index in [0.717, 1.165) is 0 Å². The summed E-state index contributed by atoms with van der Waals surface area (Å²) in [5.74, 6) is -1.38. The highest BCUT2D eigenvalue weighted by Gasteiger charge is 2.59. The molecule has 21 aliphatic heterocycles. The highest BCUT2D eigenvalue weighted by Crippen LogP contribution is 2.39. The maximum atomic E-state index is 12.6. The van der Waals surface area contributed by atoms with E-state index in [9.17, 15) is 112 Å². The third-order valence-corrected chi connectivity index (χ3v) is 16.7. The van der Waals surface area contributed by atoms with Gasteiger partial charge in [0, 0.05) is 6.54 Å². The van der Waals surface area contributed by atoms with Gasteiger partial charge in [-0.3, -0.25) is 4.79 Å². The molecule has 1 aromatic rings. The number of aliphatic hydroxyl groups excluding tert-OH is 20. The second-order valence-electron chi connectivity index (χ2n) is 22.5. The minimum absolute atomic E-state index is 0.139. The summed E-state index contributed by atoms with van der Waals surface area (Å²) in [6.45, 7) is -7.07. The first kappa shape index (κ1) is 69.6. The fraction of sp³-hybridized carbons (Fsp3) is 0.863. The molecule has 0 saturated carbocycles. The van der Waals surface area contributed by atoms with Crippen LogP contribution in [-0.2, 0) is 77.5 Å². The third-order valence-electron chi connectivity index (χ3n) is 16.7. The zero-order chi connectivity index (χ0) is 63.7. The summed E-state index contributed by atoms with van der Waals surface area (Å²) in [6, 6.07) is 6.86. The molecule has 0 aliphatic carbocycles. The number of carboxylic acids is 1. The molecule has 22 rings (SSSR count). The predicted octanol–water partition coefficient (Wildman–Crippen LogP) is -13.9. The lowest BCUT2D eigenvalue weighted by Gasteiger charge is -2.50. The first-order chi connectivity index (χ1) is 42.0. The number of carboxylic acid groups (broad SMARTS) is 1. The van der Waals surface area contributed by atoms with Crippen LogP contribution >= 0.6 is 0 Å². The van der Waals surface area contributed by atoms with E-state index in [-0.39, 0.29) is 6.42 Å². The van der Waals surface area contributed by atoms with Gasteiger partial charge in [-0.1, -0.05) is 30.3 Å². The number of ether oxygens (including phenoxy) is 14. The first-order valence-electron chi connectivity index (χ1n) is 28.3. The molecule has 37 heteroatoms. The number of carbonyl (C=O) groups is 1. The molecule has 22 N–H and O–H groups in total. The smallest absolute Gasteiger partial charge is 0.321 e. The molecule has 21 fully saturated rings. The van der Waals surface area contributed by atoms with Crippen molar-refractivity contribution in [1.29, 1.82) is 0 Å². The topological polar surface area (TPSA) is 583 Å². The molecular weight excluding hydrogens is 1200 g/mol. The number of rotatable bonds is 12. The van der Waals surface area contributed by atoms with Gasteiger partial charge in [0.25, 0.3) is 0 Å². The number of benzene rings is 1. The molecule has 504 valence electrons. The van der Waals surface area contributed by atoms with Crippen LogP contribution in [0.4, 0.5) is 0 Å². The molecule has 1 aromatic carbocycles. The van der Waals surface area contributed by atoms with Crippen molar-refractivity contribution in [2.24, 2.45) is 0 Å². The SMILES string of the molecule is O=C(O)[C@@H](Cc1ccccc1)NC[C@H]1O[C@@H]2O[C@H]3[C@H](O)[C@@H](O)[C@@H](O[C@H]4[C@H](O)[C@@H](O)[C@@H](O[C@H]5[C@H](O)[C@@H](O)[C@@H](O[C@H]6[C@H](O)[C@@H](O)[C@@H](O[C@H]7[C@H](O)[C@@H](O)[C@@H](O[C@H]8[C@H](O)[C@@H](O)[C@@H](O[C@H]1[C@H](O)[C@H]2O)O[C@@H]8CO)O[C@@H]7CO)O[C@@H]6CO)O[C@@H]5CO)O[C@@H]4CO)O[C@@H]3CO. The highest BCUT2D eigenvalue weighted by molar-refractivity contribution is 5.73. The maximum Gasteiger partial charge on any atom is 0.321 e. The maximum absolute atomic E-state index is 12.6. The minimum atomic E-state index is -2.28. The van der Waals surface area contributed by atoms with E-state index in [2.05, 4.69) is 5.32 Å². The Kier molecular flexibility index (Phi) is 23.8. The molecule has 0 unspecified atom stereocenters. The van der Waals surface area contributed by atoms with Gasteiger partial charge < -0.3 is 179 Å². The van der Waals surface area contributed by atoms with Crippen LogP contribution in [0.15, 0.2) is 30.3 Å². The van der Waals surface area contributed by atoms with Gasteiger partial charge in [0.05, 0.1) is 39.6 Å². The molecule has 0 radical (unpaired) electrons. The molecule has 88 heavy (non-hydrogen) atoms. The average molecular weight is 1280 g/mol. The van der Waals surface area contributed by atoms with Gasteiger partial charge >= 0.3 is 5.97 Å². The van der Waals surface area contributed by atoms with Gasteiger partial charge in [-0.2, -0.15) is 0 Å². The number of aliphatic hydroxyl groups is 20. The first-order valence-corrected chi connectivity index (χ1v) is 28.3. The van der Waals surface area contributed by atoms with E-state index in [0.29, 0.717) is 5.56 Å². The molecule has 21 saturated heterocycles. The summed E-state index contributed by atoms with van der Waals surface area (Å²) in [5, 5.41) is 237. The molecule has 37 nitrogen and oxygen atoms in total. The zero-order valence-electron chi connectivity index (χ0n) is 46.3. The zero-order valence-corrected chi connectivity index (χ0v) is 46.3. The summed E-state index contributed by atoms with van der Waals surface area (Å²) in [6.07, 6.45) is -71.8. The Morgan fingerprint density at radius 2 is 0.523 bits per heavy atom. The van der Waals surface area contributed by atoms with E-state index in [1.54, 1.807) is 30.3 Å². The summed E-state index contributed by atoms with van der Waals surface area (Å²) in [4.78, 5) is 12.6. The highest BCUT2D eigenvalue weighted by atomic mass is 16.8. The van der Waals surface area contributed by atoms with E-state index in [4.69, 9.17) is 66.3 Å². The van der Waals surface area contributed by atoms with Crippen molar-refractivity contribution in [3.8, 4) is 0 Å². The average Bonchev–Trinajstić information content (AvgIpc) is 0.981. The van der Waals surface area contributed by atoms with Crippen LogP contribution < -0.4 is 5.32 Å². The number of hydrogen-bond acceptors (Lipinski definition) is 36. The van der Waals surface area contributed by atoms with Gasteiger partial charge in [-0.15, -0.1) is 0 Å². The molecule has 0 amide bonds. The van der Waals surface area contributed by atoms with Crippen molar-refractivity contribution in [3.63, 3.8) is 0 Å². The summed E-state index contributed by atoms with van der Waals surface area (Å²) in [7, 11) is 0. The van der Waals surface area contributed by atoms with Gasteiger partial charge in [-0.05, 0) is 12.0 Å². The van der Waals surface area contributed by atoms with E-state index in [1.165, 1.54) is 0 Å². The lowest BCUT2D eigenvalue weighted by Crippen LogP contribution is -2.68. The summed E-state index contributed by atoms with van der Waals surface area (Å²) < 4.78 is 81.1. The molecule has 21 heterocycles. The van der Waals surface area contributed by atoms with Crippen LogP contribution in [0.25, 0.3) is 0 Å². The molecular formula is C51H79NO36. The Balaban J connectivity index is 1.02. The largest absolute Gasteiger partial charge is 0.480 e. The Morgan fingerprint density at radius 3 is 0.727 bits per heavy atom. The van der Waals surface area contributed by atoms with Crippen molar-refractivity contribution in [3.05, 3.63) is 35.9 Å². The number of nitrogens with one attached hydrogen (secondary N) is 1. The quantitative estimate of drug-likeness (QED) is 0.0924.